The first-order valence-corrected chi connectivity index (χ1v) is 7.52. The van der Waals surface area contributed by atoms with Gasteiger partial charge in [-0.05, 0) is 25.7 Å². The maximum absolute atomic E-state index is 11.9. The molecule has 0 radical (unpaired) electrons. The molecule has 2 amide bonds. The van der Waals surface area contributed by atoms with Gasteiger partial charge in [-0.25, -0.2) is 0 Å². The molecule has 1 N–H and O–H groups in total. The molecule has 108 valence electrons. The lowest BCUT2D eigenvalue weighted by atomic mass is 10.2. The summed E-state index contributed by atoms with van der Waals surface area (Å²) >= 11 is 0. The van der Waals surface area contributed by atoms with Crippen LogP contribution in [-0.4, -0.2) is 47.0 Å². The lowest BCUT2D eigenvalue weighted by molar-refractivity contribution is -0.134. The molecule has 0 spiro atoms. The molecule has 2 unspecified atom stereocenters. The van der Waals surface area contributed by atoms with Crippen molar-refractivity contribution in [1.82, 2.24) is 15.1 Å². The van der Waals surface area contributed by atoms with Crippen molar-refractivity contribution >= 4 is 11.8 Å². The van der Waals surface area contributed by atoms with Crippen molar-refractivity contribution in [3.8, 4) is 0 Å². The summed E-state index contributed by atoms with van der Waals surface area (Å²) in [6.07, 6.45) is 5.44. The summed E-state index contributed by atoms with van der Waals surface area (Å²) in [7, 11) is 0. The zero-order chi connectivity index (χ0) is 13.8. The molecule has 0 aromatic heterocycles. The fraction of sp³-hybridized carbons (Fsp3) is 0.857. The van der Waals surface area contributed by atoms with Gasteiger partial charge in [0.1, 0.15) is 0 Å². The molecule has 2 saturated heterocycles. The van der Waals surface area contributed by atoms with E-state index in [1.165, 1.54) is 0 Å². The van der Waals surface area contributed by atoms with Gasteiger partial charge in [0.15, 0.2) is 0 Å². The van der Waals surface area contributed by atoms with Crippen molar-refractivity contribution in [2.45, 2.75) is 64.7 Å². The van der Waals surface area contributed by atoms with E-state index in [0.717, 1.165) is 38.8 Å². The summed E-state index contributed by atoms with van der Waals surface area (Å²) in [4.78, 5) is 27.6. The highest BCUT2D eigenvalue weighted by molar-refractivity contribution is 5.77. The van der Waals surface area contributed by atoms with Crippen molar-refractivity contribution in [1.29, 1.82) is 0 Å². The van der Waals surface area contributed by atoms with Gasteiger partial charge in [0.25, 0.3) is 0 Å². The minimum Gasteiger partial charge on any atom is -0.327 e. The summed E-state index contributed by atoms with van der Waals surface area (Å²) in [6.45, 7) is 5.50. The highest BCUT2D eigenvalue weighted by Gasteiger charge is 2.34. The molecule has 0 aliphatic carbocycles. The Bertz CT molecular complexity index is 314. The van der Waals surface area contributed by atoms with Gasteiger partial charge in [-0.15, -0.1) is 0 Å². The summed E-state index contributed by atoms with van der Waals surface area (Å²) in [5, 5.41) is 3.52. The van der Waals surface area contributed by atoms with Gasteiger partial charge in [0.2, 0.25) is 11.8 Å². The summed E-state index contributed by atoms with van der Waals surface area (Å²) in [6, 6.07) is 0. The zero-order valence-corrected chi connectivity index (χ0v) is 12.0. The van der Waals surface area contributed by atoms with Gasteiger partial charge in [-0.3, -0.25) is 14.9 Å². The lowest BCUT2D eigenvalue weighted by Gasteiger charge is -2.32. The van der Waals surface area contributed by atoms with E-state index in [2.05, 4.69) is 5.32 Å². The summed E-state index contributed by atoms with van der Waals surface area (Å²) < 4.78 is 0. The molecule has 2 fully saturated rings. The number of hydrogen-bond donors (Lipinski definition) is 1. The smallest absolute Gasteiger partial charge is 0.223 e. The summed E-state index contributed by atoms with van der Waals surface area (Å²) in [5.41, 5.74) is 0. The SMILES string of the molecule is CCC(=O)N1CCCC1NC1CCCN1C(=O)CC. The first-order chi connectivity index (χ1) is 9.17. The highest BCUT2D eigenvalue weighted by atomic mass is 16.2. The van der Waals surface area contributed by atoms with Crippen LogP contribution in [0.5, 0.6) is 0 Å². The molecular weight excluding hydrogens is 242 g/mol. The average Bonchev–Trinajstić information content (AvgIpc) is 3.06. The third-order valence-corrected chi connectivity index (χ3v) is 4.14. The molecule has 2 heterocycles. The molecule has 5 nitrogen and oxygen atoms in total. The largest absolute Gasteiger partial charge is 0.327 e. The Kier molecular flexibility index (Phi) is 4.80. The quantitative estimate of drug-likeness (QED) is 0.835. The molecule has 2 aliphatic rings. The number of hydrogen-bond acceptors (Lipinski definition) is 3. The highest BCUT2D eigenvalue weighted by Crippen LogP contribution is 2.21. The second-order valence-corrected chi connectivity index (χ2v) is 5.36. The van der Waals surface area contributed by atoms with Gasteiger partial charge in [0, 0.05) is 25.9 Å². The molecule has 0 saturated carbocycles. The number of likely N-dealkylation sites (tertiary alicyclic amines) is 2. The van der Waals surface area contributed by atoms with Gasteiger partial charge in [-0.1, -0.05) is 13.8 Å². The second kappa shape index (κ2) is 6.37. The predicted molar refractivity (Wildman–Crippen MR) is 73.2 cm³/mol. The first kappa shape index (κ1) is 14.3. The maximum Gasteiger partial charge on any atom is 0.223 e. The number of amides is 2. The van der Waals surface area contributed by atoms with E-state index < -0.39 is 0 Å². The van der Waals surface area contributed by atoms with Gasteiger partial charge >= 0.3 is 0 Å². The van der Waals surface area contributed by atoms with Crippen LogP contribution in [0.4, 0.5) is 0 Å². The molecule has 0 bridgehead atoms. The van der Waals surface area contributed by atoms with Crippen LogP contribution in [0.15, 0.2) is 0 Å². The molecule has 0 aromatic rings. The van der Waals surface area contributed by atoms with E-state index in [1.807, 2.05) is 23.6 Å². The van der Waals surface area contributed by atoms with Crippen LogP contribution in [0, 0.1) is 0 Å². The van der Waals surface area contributed by atoms with E-state index in [1.54, 1.807) is 0 Å². The van der Waals surface area contributed by atoms with Crippen LogP contribution in [-0.2, 0) is 9.59 Å². The Morgan fingerprint density at radius 2 is 1.37 bits per heavy atom. The first-order valence-electron chi connectivity index (χ1n) is 7.52. The van der Waals surface area contributed by atoms with Gasteiger partial charge in [0.05, 0.1) is 12.3 Å². The normalized spacial score (nSPS) is 27.1. The number of carbonyl (C=O) groups is 2. The fourth-order valence-corrected chi connectivity index (χ4v) is 3.11. The molecule has 2 aliphatic heterocycles. The molecule has 5 heteroatoms. The van der Waals surface area contributed by atoms with Crippen LogP contribution in [0.2, 0.25) is 0 Å². The standard InChI is InChI=1S/C14H25N3O2/c1-3-13(18)16-9-5-7-11(16)15-12-8-6-10-17(12)14(19)4-2/h11-12,15H,3-10H2,1-2H3. The van der Waals surface area contributed by atoms with Crippen molar-refractivity contribution in [3.63, 3.8) is 0 Å². The Labute approximate surface area is 115 Å². The van der Waals surface area contributed by atoms with Crippen molar-refractivity contribution in [2.24, 2.45) is 0 Å². The maximum atomic E-state index is 11.9. The van der Waals surface area contributed by atoms with Crippen LogP contribution >= 0.6 is 0 Å². The van der Waals surface area contributed by atoms with Crippen LogP contribution in [0.3, 0.4) is 0 Å². The van der Waals surface area contributed by atoms with E-state index in [0.29, 0.717) is 12.8 Å². The van der Waals surface area contributed by atoms with E-state index >= 15 is 0 Å². The Morgan fingerprint density at radius 3 is 1.74 bits per heavy atom. The van der Waals surface area contributed by atoms with Gasteiger partial charge < -0.3 is 9.80 Å². The third kappa shape index (κ3) is 3.08. The topological polar surface area (TPSA) is 52.7 Å². The number of nitrogens with zero attached hydrogens (tertiary/aromatic N) is 2. The molecule has 19 heavy (non-hydrogen) atoms. The van der Waals surface area contributed by atoms with Crippen LogP contribution in [0.1, 0.15) is 52.4 Å². The minimum atomic E-state index is 0.114. The average molecular weight is 267 g/mol. The Balaban J connectivity index is 1.96. The second-order valence-electron chi connectivity index (χ2n) is 5.36. The molecule has 2 rings (SSSR count). The Morgan fingerprint density at radius 1 is 0.947 bits per heavy atom. The van der Waals surface area contributed by atoms with Crippen molar-refractivity contribution in [2.75, 3.05) is 13.1 Å². The van der Waals surface area contributed by atoms with Crippen molar-refractivity contribution < 1.29 is 9.59 Å². The fourth-order valence-electron chi connectivity index (χ4n) is 3.11. The minimum absolute atomic E-state index is 0.114. The number of rotatable bonds is 4. The van der Waals surface area contributed by atoms with Gasteiger partial charge in [-0.2, -0.15) is 0 Å². The van der Waals surface area contributed by atoms with E-state index in [-0.39, 0.29) is 24.1 Å². The summed E-state index contributed by atoms with van der Waals surface area (Å²) in [5.74, 6) is 0.419. The zero-order valence-electron chi connectivity index (χ0n) is 12.0. The Hall–Kier alpha value is -1.10. The van der Waals surface area contributed by atoms with E-state index in [9.17, 15) is 9.59 Å². The number of nitrogens with one attached hydrogen (secondary N) is 1. The van der Waals surface area contributed by atoms with Crippen LogP contribution < -0.4 is 5.32 Å². The lowest BCUT2D eigenvalue weighted by Crippen LogP contribution is -2.53. The van der Waals surface area contributed by atoms with E-state index in [4.69, 9.17) is 0 Å². The molecule has 2 atom stereocenters. The molecule has 0 aromatic carbocycles. The van der Waals surface area contributed by atoms with Crippen molar-refractivity contribution in [3.05, 3.63) is 0 Å². The molecular formula is C14H25N3O2. The third-order valence-electron chi connectivity index (χ3n) is 4.14. The monoisotopic (exact) mass is 267 g/mol. The predicted octanol–water partition coefficient (Wildman–Crippen LogP) is 1.29. The number of carbonyl (C=O) groups excluding carboxylic acids is 2. The van der Waals surface area contributed by atoms with Crippen LogP contribution in [0.25, 0.3) is 0 Å².